The summed E-state index contributed by atoms with van der Waals surface area (Å²) in [5.41, 5.74) is -0.225. The van der Waals surface area contributed by atoms with Crippen molar-refractivity contribution in [2.45, 2.75) is 6.92 Å². The first-order chi connectivity index (χ1) is 11.8. The van der Waals surface area contributed by atoms with Crippen molar-refractivity contribution in [3.05, 3.63) is 65.2 Å². The second kappa shape index (κ2) is 7.78. The fourth-order valence-corrected chi connectivity index (χ4v) is 2.17. The molecule has 0 unspecified atom stereocenters. The molecule has 2 amide bonds. The van der Waals surface area contributed by atoms with Crippen molar-refractivity contribution in [1.29, 1.82) is 0 Å². The number of nitrogens with one attached hydrogen (secondary N) is 1. The van der Waals surface area contributed by atoms with Crippen LogP contribution in [0.25, 0.3) is 0 Å². The lowest BCUT2D eigenvalue weighted by Crippen LogP contribution is -2.38. The Kier molecular flexibility index (Phi) is 5.74. The number of hydrogen-bond acceptors (Lipinski definition) is 2. The van der Waals surface area contributed by atoms with E-state index in [0.717, 1.165) is 35.2 Å². The number of carbonyl (C=O) groups excluding carboxylic acids is 2. The summed E-state index contributed by atoms with van der Waals surface area (Å²) < 4.78 is 52.7. The van der Waals surface area contributed by atoms with Crippen LogP contribution in [0.15, 0.2) is 36.4 Å². The number of hydrogen-bond donors (Lipinski definition) is 1. The Labute approximate surface area is 141 Å². The van der Waals surface area contributed by atoms with Gasteiger partial charge < -0.3 is 10.2 Å². The van der Waals surface area contributed by atoms with Gasteiger partial charge in [0.15, 0.2) is 11.6 Å². The highest BCUT2D eigenvalue weighted by atomic mass is 19.2. The van der Waals surface area contributed by atoms with Crippen molar-refractivity contribution in [3.8, 4) is 0 Å². The number of nitrogens with zero attached hydrogens (tertiary/aromatic N) is 1. The highest BCUT2D eigenvalue weighted by Crippen LogP contribution is 2.20. The van der Waals surface area contributed by atoms with Gasteiger partial charge in [-0.15, -0.1) is 0 Å². The number of carbonyl (C=O) groups is 2. The molecule has 0 radical (unpaired) electrons. The lowest BCUT2D eigenvalue weighted by atomic mass is 10.2. The lowest BCUT2D eigenvalue weighted by molar-refractivity contribution is -0.116. The average Bonchev–Trinajstić information content (AvgIpc) is 2.54. The molecule has 0 saturated heterocycles. The minimum atomic E-state index is -1.16. The van der Waals surface area contributed by atoms with Gasteiger partial charge in [0.1, 0.15) is 11.6 Å². The van der Waals surface area contributed by atoms with Gasteiger partial charge in [-0.05, 0) is 30.3 Å². The second-order valence-electron chi connectivity index (χ2n) is 5.15. The van der Waals surface area contributed by atoms with Crippen LogP contribution in [0.2, 0.25) is 0 Å². The van der Waals surface area contributed by atoms with Gasteiger partial charge in [-0.25, -0.2) is 17.6 Å². The van der Waals surface area contributed by atoms with Gasteiger partial charge in [0.2, 0.25) is 5.91 Å². The van der Waals surface area contributed by atoms with Crippen LogP contribution in [0, 0.1) is 23.3 Å². The molecular formula is C17H14F4N2O2. The molecule has 2 rings (SSSR count). The zero-order valence-corrected chi connectivity index (χ0v) is 13.2. The maximum Gasteiger partial charge on any atom is 0.251 e. The highest BCUT2D eigenvalue weighted by Gasteiger charge is 2.17. The van der Waals surface area contributed by atoms with Gasteiger partial charge >= 0.3 is 0 Å². The maximum absolute atomic E-state index is 13.8. The summed E-state index contributed by atoms with van der Waals surface area (Å²) >= 11 is 0. The quantitative estimate of drug-likeness (QED) is 0.839. The van der Waals surface area contributed by atoms with Crippen LogP contribution >= 0.6 is 0 Å². The standard InChI is InChI=1S/C17H14F4N2O2/c1-10(24)23(16-5-3-12(18)9-15(16)21)7-6-22-17(25)11-2-4-13(19)14(20)8-11/h2-5,8-9H,6-7H2,1H3,(H,22,25). The Bertz CT molecular complexity index is 811. The third-order valence-corrected chi connectivity index (χ3v) is 3.38. The minimum absolute atomic E-state index is 0.0752. The molecule has 0 aliphatic rings. The molecule has 0 saturated carbocycles. The monoisotopic (exact) mass is 354 g/mol. The van der Waals surface area contributed by atoms with Crippen LogP contribution in [-0.2, 0) is 4.79 Å². The molecule has 2 aromatic carbocycles. The zero-order chi connectivity index (χ0) is 18.6. The molecule has 2 aromatic rings. The van der Waals surface area contributed by atoms with E-state index in [1.165, 1.54) is 6.92 Å². The zero-order valence-electron chi connectivity index (χ0n) is 13.2. The van der Waals surface area contributed by atoms with Crippen LogP contribution in [0.3, 0.4) is 0 Å². The summed E-state index contributed by atoms with van der Waals surface area (Å²) in [7, 11) is 0. The van der Waals surface area contributed by atoms with Crippen LogP contribution < -0.4 is 10.2 Å². The van der Waals surface area contributed by atoms with E-state index in [2.05, 4.69) is 5.32 Å². The van der Waals surface area contributed by atoms with E-state index in [4.69, 9.17) is 0 Å². The predicted octanol–water partition coefficient (Wildman–Crippen LogP) is 3.03. The molecular weight excluding hydrogens is 340 g/mol. The second-order valence-corrected chi connectivity index (χ2v) is 5.15. The van der Waals surface area contributed by atoms with E-state index in [9.17, 15) is 27.2 Å². The maximum atomic E-state index is 13.8. The third-order valence-electron chi connectivity index (χ3n) is 3.38. The van der Waals surface area contributed by atoms with Crippen LogP contribution in [-0.4, -0.2) is 24.9 Å². The lowest BCUT2D eigenvalue weighted by Gasteiger charge is -2.22. The van der Waals surface area contributed by atoms with Gasteiger partial charge in [0.05, 0.1) is 5.69 Å². The Hall–Kier alpha value is -2.90. The van der Waals surface area contributed by atoms with Crippen LogP contribution in [0.1, 0.15) is 17.3 Å². The normalized spacial score (nSPS) is 10.4. The van der Waals surface area contributed by atoms with Crippen LogP contribution in [0.4, 0.5) is 23.2 Å². The summed E-state index contributed by atoms with van der Waals surface area (Å²) in [5.74, 6) is -5.12. The van der Waals surface area contributed by atoms with Gasteiger partial charge in [-0.2, -0.15) is 0 Å². The molecule has 8 heteroatoms. The van der Waals surface area contributed by atoms with E-state index in [1.54, 1.807) is 0 Å². The number of rotatable bonds is 5. The molecule has 0 aliphatic heterocycles. The van der Waals surface area contributed by atoms with Crippen molar-refractivity contribution in [2.24, 2.45) is 0 Å². The molecule has 0 fully saturated rings. The minimum Gasteiger partial charge on any atom is -0.350 e. The molecule has 0 bridgehead atoms. The number of halogens is 4. The Balaban J connectivity index is 2.03. The molecule has 132 valence electrons. The molecule has 4 nitrogen and oxygen atoms in total. The number of amides is 2. The van der Waals surface area contributed by atoms with Crippen molar-refractivity contribution in [3.63, 3.8) is 0 Å². The fraction of sp³-hybridized carbons (Fsp3) is 0.176. The van der Waals surface area contributed by atoms with Crippen molar-refractivity contribution in [1.82, 2.24) is 5.32 Å². The van der Waals surface area contributed by atoms with Crippen molar-refractivity contribution < 1.29 is 27.2 Å². The molecule has 1 N–H and O–H groups in total. The van der Waals surface area contributed by atoms with Gasteiger partial charge in [-0.1, -0.05) is 0 Å². The predicted molar refractivity (Wildman–Crippen MR) is 83.1 cm³/mol. The van der Waals surface area contributed by atoms with E-state index < -0.39 is 35.1 Å². The molecule has 25 heavy (non-hydrogen) atoms. The largest absolute Gasteiger partial charge is 0.350 e. The van der Waals surface area contributed by atoms with E-state index in [0.29, 0.717) is 6.07 Å². The van der Waals surface area contributed by atoms with Gasteiger partial charge in [0, 0.05) is 31.6 Å². The first kappa shape index (κ1) is 18.4. The van der Waals surface area contributed by atoms with E-state index >= 15 is 0 Å². The average molecular weight is 354 g/mol. The number of anilines is 1. The molecule has 0 atom stereocenters. The summed E-state index contributed by atoms with van der Waals surface area (Å²) in [6.07, 6.45) is 0. The summed E-state index contributed by atoms with van der Waals surface area (Å²) in [6, 6.07) is 5.44. The van der Waals surface area contributed by atoms with Gasteiger partial charge in [0.25, 0.3) is 5.91 Å². The number of benzene rings is 2. The van der Waals surface area contributed by atoms with Crippen LogP contribution in [0.5, 0.6) is 0 Å². The van der Waals surface area contributed by atoms with Crippen molar-refractivity contribution in [2.75, 3.05) is 18.0 Å². The molecule has 0 aromatic heterocycles. The first-order valence-electron chi connectivity index (χ1n) is 7.26. The third kappa shape index (κ3) is 4.56. The van der Waals surface area contributed by atoms with E-state index in [1.807, 2.05) is 0 Å². The highest BCUT2D eigenvalue weighted by molar-refractivity contribution is 5.94. The van der Waals surface area contributed by atoms with E-state index in [-0.39, 0.29) is 24.3 Å². The van der Waals surface area contributed by atoms with Crippen molar-refractivity contribution >= 4 is 17.5 Å². The topological polar surface area (TPSA) is 49.4 Å². The summed E-state index contributed by atoms with van der Waals surface area (Å²) in [6.45, 7) is 1.03. The smallest absolute Gasteiger partial charge is 0.251 e. The summed E-state index contributed by atoms with van der Waals surface area (Å²) in [4.78, 5) is 24.6. The summed E-state index contributed by atoms with van der Waals surface area (Å²) in [5, 5.41) is 2.41. The molecule has 0 spiro atoms. The first-order valence-corrected chi connectivity index (χ1v) is 7.26. The SMILES string of the molecule is CC(=O)N(CCNC(=O)c1ccc(F)c(F)c1)c1ccc(F)cc1F. The molecule has 0 heterocycles. The Morgan fingerprint density at radius 1 is 0.960 bits per heavy atom. The van der Waals surface area contributed by atoms with Gasteiger partial charge in [-0.3, -0.25) is 9.59 Å². The molecule has 0 aliphatic carbocycles. The Morgan fingerprint density at radius 2 is 1.68 bits per heavy atom. The Morgan fingerprint density at radius 3 is 2.28 bits per heavy atom. The fourth-order valence-electron chi connectivity index (χ4n) is 2.17.